The van der Waals surface area contributed by atoms with Crippen molar-refractivity contribution in [1.29, 1.82) is 0 Å². The summed E-state index contributed by atoms with van der Waals surface area (Å²) in [5.41, 5.74) is -0.102. The average Bonchev–Trinajstić information content (AvgIpc) is 2.33. The third kappa shape index (κ3) is 3.07. The Hall–Kier alpha value is -0.710. The van der Waals surface area contributed by atoms with Crippen LogP contribution in [0.1, 0.15) is 16.5 Å². The number of halogens is 6. The molecular formula is C13H6BrCl2F3. The van der Waals surface area contributed by atoms with Gasteiger partial charge in [-0.25, -0.2) is 13.2 Å². The van der Waals surface area contributed by atoms with Crippen LogP contribution >= 0.6 is 39.1 Å². The Bertz CT molecular complexity index is 632. The first kappa shape index (κ1) is 14.7. The minimum atomic E-state index is -1.14. The summed E-state index contributed by atoms with van der Waals surface area (Å²) in [5, 5.41) is -0.938. The highest BCUT2D eigenvalue weighted by Crippen LogP contribution is 2.35. The molecule has 0 aliphatic rings. The van der Waals surface area contributed by atoms with Crippen molar-refractivity contribution in [3.8, 4) is 0 Å². The van der Waals surface area contributed by atoms with Gasteiger partial charge in [-0.05, 0) is 40.2 Å². The topological polar surface area (TPSA) is 0 Å². The predicted octanol–water partition coefficient (Wildman–Crippen LogP) is 5.85. The molecule has 0 nitrogen and oxygen atoms in total. The first-order chi connectivity index (χ1) is 8.90. The van der Waals surface area contributed by atoms with E-state index in [4.69, 9.17) is 23.2 Å². The molecule has 0 aliphatic heterocycles. The van der Waals surface area contributed by atoms with Gasteiger partial charge in [0.05, 0.1) is 9.85 Å². The van der Waals surface area contributed by atoms with Crippen LogP contribution < -0.4 is 0 Å². The molecule has 0 radical (unpaired) electrons. The number of benzene rings is 2. The van der Waals surface area contributed by atoms with Gasteiger partial charge in [-0.2, -0.15) is 0 Å². The molecular weight excluding hydrogens is 364 g/mol. The van der Waals surface area contributed by atoms with Gasteiger partial charge in [-0.15, -0.1) is 11.6 Å². The van der Waals surface area contributed by atoms with Crippen LogP contribution in [0.2, 0.25) is 5.02 Å². The molecule has 6 heteroatoms. The van der Waals surface area contributed by atoms with Gasteiger partial charge in [0.2, 0.25) is 0 Å². The summed E-state index contributed by atoms with van der Waals surface area (Å²) in [6, 6.07) is 5.73. The normalized spacial score (nSPS) is 12.5. The predicted molar refractivity (Wildman–Crippen MR) is 73.2 cm³/mol. The van der Waals surface area contributed by atoms with Gasteiger partial charge in [0.25, 0.3) is 0 Å². The Kier molecular flexibility index (Phi) is 4.43. The van der Waals surface area contributed by atoms with E-state index in [1.165, 1.54) is 12.1 Å². The number of hydrogen-bond acceptors (Lipinski definition) is 0. The van der Waals surface area contributed by atoms with Gasteiger partial charge < -0.3 is 0 Å². The van der Waals surface area contributed by atoms with E-state index in [0.717, 1.165) is 18.2 Å². The second-order valence-corrected chi connectivity index (χ2v) is 5.54. The second kappa shape index (κ2) is 5.73. The molecule has 0 aliphatic carbocycles. The molecule has 1 atom stereocenters. The van der Waals surface area contributed by atoms with Crippen molar-refractivity contribution in [3.63, 3.8) is 0 Å². The smallest absolute Gasteiger partial charge is 0.137 e. The molecule has 0 N–H and O–H groups in total. The molecule has 0 aromatic heterocycles. The summed E-state index contributed by atoms with van der Waals surface area (Å²) in [7, 11) is 0. The maximum absolute atomic E-state index is 13.7. The van der Waals surface area contributed by atoms with Crippen LogP contribution in [0, 0.1) is 17.5 Å². The SMILES string of the molecule is Fc1cc(C(Cl)c2ccc(Cl)cc2F)c(F)cc1Br. The molecule has 2 rings (SSSR count). The quantitative estimate of drug-likeness (QED) is 0.460. The molecule has 100 valence electrons. The maximum atomic E-state index is 13.7. The minimum Gasteiger partial charge on any atom is -0.207 e. The molecule has 0 saturated carbocycles. The van der Waals surface area contributed by atoms with Crippen molar-refractivity contribution in [2.45, 2.75) is 5.38 Å². The van der Waals surface area contributed by atoms with Gasteiger partial charge in [-0.3, -0.25) is 0 Å². The lowest BCUT2D eigenvalue weighted by Gasteiger charge is -2.13. The van der Waals surface area contributed by atoms with Crippen molar-refractivity contribution in [1.82, 2.24) is 0 Å². The molecule has 19 heavy (non-hydrogen) atoms. The van der Waals surface area contributed by atoms with Crippen LogP contribution in [0.4, 0.5) is 13.2 Å². The van der Waals surface area contributed by atoms with Crippen LogP contribution in [-0.2, 0) is 0 Å². The van der Waals surface area contributed by atoms with Crippen LogP contribution in [0.3, 0.4) is 0 Å². The number of alkyl halides is 1. The molecule has 2 aromatic carbocycles. The second-order valence-electron chi connectivity index (χ2n) is 3.82. The highest BCUT2D eigenvalue weighted by atomic mass is 79.9. The van der Waals surface area contributed by atoms with Gasteiger partial charge in [0, 0.05) is 16.1 Å². The summed E-state index contributed by atoms with van der Waals surface area (Å²) in [5.74, 6) is -2.06. The maximum Gasteiger partial charge on any atom is 0.137 e. The summed E-state index contributed by atoms with van der Waals surface area (Å²) in [6.07, 6.45) is 0. The fourth-order valence-electron chi connectivity index (χ4n) is 1.61. The summed E-state index contributed by atoms with van der Waals surface area (Å²) >= 11 is 14.5. The largest absolute Gasteiger partial charge is 0.207 e. The van der Waals surface area contributed by atoms with E-state index in [1.807, 2.05) is 0 Å². The highest BCUT2D eigenvalue weighted by molar-refractivity contribution is 9.10. The van der Waals surface area contributed by atoms with E-state index in [1.54, 1.807) is 0 Å². The van der Waals surface area contributed by atoms with Crippen molar-refractivity contribution in [2.24, 2.45) is 0 Å². The van der Waals surface area contributed by atoms with Crippen LogP contribution in [0.25, 0.3) is 0 Å². The Labute approximate surface area is 126 Å². The van der Waals surface area contributed by atoms with E-state index < -0.39 is 22.8 Å². The zero-order valence-corrected chi connectivity index (χ0v) is 12.3. The number of hydrogen-bond donors (Lipinski definition) is 0. The Balaban J connectivity index is 2.49. The van der Waals surface area contributed by atoms with Gasteiger partial charge in [-0.1, -0.05) is 17.7 Å². The van der Waals surface area contributed by atoms with Crippen LogP contribution in [0.15, 0.2) is 34.8 Å². The molecule has 0 saturated heterocycles. The van der Waals surface area contributed by atoms with Gasteiger partial charge >= 0.3 is 0 Å². The summed E-state index contributed by atoms with van der Waals surface area (Å²) in [6.45, 7) is 0. The lowest BCUT2D eigenvalue weighted by molar-refractivity contribution is 0.576. The van der Waals surface area contributed by atoms with E-state index in [9.17, 15) is 13.2 Å². The molecule has 0 spiro atoms. The Morgan fingerprint density at radius 1 is 0.895 bits per heavy atom. The minimum absolute atomic E-state index is 0.0193. The lowest BCUT2D eigenvalue weighted by Crippen LogP contribution is -2.01. The zero-order chi connectivity index (χ0) is 14.2. The first-order valence-electron chi connectivity index (χ1n) is 5.13. The monoisotopic (exact) mass is 368 g/mol. The average molecular weight is 370 g/mol. The lowest BCUT2D eigenvalue weighted by atomic mass is 10.0. The van der Waals surface area contributed by atoms with E-state index >= 15 is 0 Å². The molecule has 0 heterocycles. The summed E-state index contributed by atoms with van der Waals surface area (Å²) < 4.78 is 40.8. The molecule has 0 fully saturated rings. The standard InChI is InChI=1S/C13H6BrCl2F3/c14-9-5-11(18)8(4-12(9)19)13(16)7-2-1-6(15)3-10(7)17/h1-5,13H. The van der Waals surface area contributed by atoms with Crippen molar-refractivity contribution in [3.05, 3.63) is 68.4 Å². The highest BCUT2D eigenvalue weighted by Gasteiger charge is 2.20. The van der Waals surface area contributed by atoms with Crippen LogP contribution in [-0.4, -0.2) is 0 Å². The third-order valence-corrected chi connectivity index (χ3v) is 3.86. The fraction of sp³-hybridized carbons (Fsp3) is 0.0769. The molecule has 1 unspecified atom stereocenters. The molecule has 0 bridgehead atoms. The Morgan fingerprint density at radius 2 is 1.53 bits per heavy atom. The summed E-state index contributed by atoms with van der Waals surface area (Å²) in [4.78, 5) is 0. The van der Waals surface area contributed by atoms with Crippen molar-refractivity contribution in [2.75, 3.05) is 0 Å². The van der Waals surface area contributed by atoms with Crippen molar-refractivity contribution >= 4 is 39.1 Å². The molecule has 0 amide bonds. The fourth-order valence-corrected chi connectivity index (χ4v) is 2.43. The van der Waals surface area contributed by atoms with E-state index in [2.05, 4.69) is 15.9 Å². The van der Waals surface area contributed by atoms with Gasteiger partial charge in [0.15, 0.2) is 0 Å². The molecule has 2 aromatic rings. The zero-order valence-electron chi connectivity index (χ0n) is 9.23. The van der Waals surface area contributed by atoms with Crippen molar-refractivity contribution < 1.29 is 13.2 Å². The van der Waals surface area contributed by atoms with Crippen LogP contribution in [0.5, 0.6) is 0 Å². The van der Waals surface area contributed by atoms with E-state index in [0.29, 0.717) is 0 Å². The number of rotatable bonds is 2. The Morgan fingerprint density at radius 3 is 2.16 bits per heavy atom. The third-order valence-electron chi connectivity index (χ3n) is 2.55. The van der Waals surface area contributed by atoms with Gasteiger partial charge in [0.1, 0.15) is 17.5 Å². The first-order valence-corrected chi connectivity index (χ1v) is 6.74. The van der Waals surface area contributed by atoms with E-state index in [-0.39, 0.29) is 20.6 Å².